The lowest BCUT2D eigenvalue weighted by atomic mass is 9.97. The number of benzene rings is 1. The molecule has 0 spiro atoms. The fourth-order valence-corrected chi connectivity index (χ4v) is 1.65. The molecule has 4 nitrogen and oxygen atoms in total. The summed E-state index contributed by atoms with van der Waals surface area (Å²) in [5, 5.41) is 19.3. The van der Waals surface area contributed by atoms with Crippen LogP contribution >= 0.6 is 0 Å². The molecule has 0 aliphatic heterocycles. The molecule has 4 heteroatoms. The summed E-state index contributed by atoms with van der Waals surface area (Å²) in [6.07, 6.45) is 7.44. The number of nitrogens with zero attached hydrogens (tertiary/aromatic N) is 1. The summed E-state index contributed by atoms with van der Waals surface area (Å²) in [5.41, 5.74) is 2.87. The monoisotopic (exact) mass is 229 g/mol. The first-order valence-electron chi connectivity index (χ1n) is 5.17. The van der Waals surface area contributed by atoms with E-state index in [0.717, 1.165) is 23.0 Å². The third-order valence-corrected chi connectivity index (χ3v) is 2.61. The molecule has 1 N–H and O–H groups in total. The van der Waals surface area contributed by atoms with E-state index in [1.165, 1.54) is 12.1 Å². The van der Waals surface area contributed by atoms with Crippen LogP contribution in [0.5, 0.6) is 0 Å². The molecule has 0 saturated carbocycles. The summed E-state index contributed by atoms with van der Waals surface area (Å²) >= 11 is 0. The highest BCUT2D eigenvalue weighted by Crippen LogP contribution is 2.25. The van der Waals surface area contributed by atoms with Crippen LogP contribution < -0.4 is 0 Å². The minimum Gasteiger partial charge on any atom is -0.515 e. The maximum Gasteiger partial charge on any atom is 0.269 e. The molecule has 0 saturated heterocycles. The minimum atomic E-state index is -0.415. The number of nitro benzene ring substituents is 1. The van der Waals surface area contributed by atoms with Gasteiger partial charge in [-0.1, -0.05) is 18.2 Å². The average Bonchev–Trinajstić information content (AvgIpc) is 2.39. The van der Waals surface area contributed by atoms with Crippen LogP contribution in [0.3, 0.4) is 0 Å². The lowest BCUT2D eigenvalue weighted by molar-refractivity contribution is -0.384. The predicted molar refractivity (Wildman–Crippen MR) is 65.5 cm³/mol. The normalized spacial score (nSPS) is 16.9. The van der Waals surface area contributed by atoms with Gasteiger partial charge in [-0.15, -0.1) is 0 Å². The smallest absolute Gasteiger partial charge is 0.269 e. The predicted octanol–water partition coefficient (Wildman–Crippen LogP) is 3.38. The van der Waals surface area contributed by atoms with E-state index in [9.17, 15) is 10.1 Å². The van der Waals surface area contributed by atoms with E-state index >= 15 is 0 Å². The van der Waals surface area contributed by atoms with E-state index in [1.807, 2.05) is 18.2 Å². The zero-order valence-electron chi connectivity index (χ0n) is 9.04. The maximum atomic E-state index is 10.5. The van der Waals surface area contributed by atoms with Gasteiger partial charge in [0.1, 0.15) is 0 Å². The zero-order valence-corrected chi connectivity index (χ0v) is 9.04. The van der Waals surface area contributed by atoms with Gasteiger partial charge in [-0.25, -0.2) is 0 Å². The van der Waals surface area contributed by atoms with Crippen molar-refractivity contribution in [2.45, 2.75) is 6.42 Å². The van der Waals surface area contributed by atoms with Crippen LogP contribution in [0.15, 0.2) is 54.3 Å². The largest absolute Gasteiger partial charge is 0.515 e. The Hall–Kier alpha value is -2.36. The van der Waals surface area contributed by atoms with Crippen LogP contribution in [-0.4, -0.2) is 10.0 Å². The van der Waals surface area contributed by atoms with E-state index in [0.29, 0.717) is 6.42 Å². The molecular formula is C13H11NO3. The Morgan fingerprint density at radius 3 is 2.41 bits per heavy atom. The Morgan fingerprint density at radius 2 is 1.94 bits per heavy atom. The van der Waals surface area contributed by atoms with Crippen molar-refractivity contribution in [1.29, 1.82) is 0 Å². The standard InChI is InChI=1S/C13H11NO3/c15-9-10-1-3-11(4-2-10)12-5-7-13(8-6-12)14(16)17/h1,3-9,15H,2H2/b10-9-. The van der Waals surface area contributed by atoms with Crippen molar-refractivity contribution in [3.05, 3.63) is 70.0 Å². The van der Waals surface area contributed by atoms with Gasteiger partial charge in [0.15, 0.2) is 0 Å². The van der Waals surface area contributed by atoms with E-state index in [4.69, 9.17) is 5.11 Å². The number of rotatable bonds is 2. The second kappa shape index (κ2) is 4.65. The number of hydrogen-bond donors (Lipinski definition) is 1. The summed E-state index contributed by atoms with van der Waals surface area (Å²) in [7, 11) is 0. The van der Waals surface area contributed by atoms with E-state index < -0.39 is 4.92 Å². The van der Waals surface area contributed by atoms with E-state index in [1.54, 1.807) is 12.1 Å². The van der Waals surface area contributed by atoms with Crippen LogP contribution in [0.25, 0.3) is 5.57 Å². The summed E-state index contributed by atoms with van der Waals surface area (Å²) in [5.74, 6) is 0. The minimum absolute atomic E-state index is 0.0880. The molecule has 0 unspecified atom stereocenters. The van der Waals surface area contributed by atoms with Gasteiger partial charge >= 0.3 is 0 Å². The molecule has 0 heterocycles. The van der Waals surface area contributed by atoms with Gasteiger partial charge in [-0.2, -0.15) is 0 Å². The van der Waals surface area contributed by atoms with Crippen LogP contribution in [-0.2, 0) is 0 Å². The lowest BCUT2D eigenvalue weighted by Crippen LogP contribution is -1.91. The summed E-state index contributed by atoms with van der Waals surface area (Å²) in [6, 6.07) is 6.42. The number of hydrogen-bond acceptors (Lipinski definition) is 3. The van der Waals surface area contributed by atoms with Crippen molar-refractivity contribution in [3.63, 3.8) is 0 Å². The number of nitro groups is 1. The van der Waals surface area contributed by atoms with Crippen LogP contribution in [0, 0.1) is 10.1 Å². The van der Waals surface area contributed by atoms with Gasteiger partial charge in [0.25, 0.3) is 5.69 Å². The number of allylic oxidation sites excluding steroid dienone is 5. The Bertz CT molecular complexity index is 524. The van der Waals surface area contributed by atoms with Crippen LogP contribution in [0.4, 0.5) is 5.69 Å². The third-order valence-electron chi connectivity index (χ3n) is 2.61. The highest BCUT2D eigenvalue weighted by atomic mass is 16.6. The van der Waals surface area contributed by atoms with Crippen LogP contribution in [0.1, 0.15) is 12.0 Å². The summed E-state index contributed by atoms with van der Waals surface area (Å²) < 4.78 is 0. The number of aliphatic hydroxyl groups excluding tert-OH is 1. The van der Waals surface area contributed by atoms with Gasteiger partial charge in [0.05, 0.1) is 11.2 Å². The molecule has 0 atom stereocenters. The fourth-order valence-electron chi connectivity index (χ4n) is 1.65. The van der Waals surface area contributed by atoms with E-state index in [-0.39, 0.29) is 5.69 Å². The average molecular weight is 229 g/mol. The molecular weight excluding hydrogens is 218 g/mol. The maximum absolute atomic E-state index is 10.5. The second-order valence-corrected chi connectivity index (χ2v) is 3.70. The first kappa shape index (κ1) is 11.1. The van der Waals surface area contributed by atoms with Crippen molar-refractivity contribution in [2.75, 3.05) is 0 Å². The molecule has 0 aromatic heterocycles. The molecule has 1 aromatic carbocycles. The molecule has 0 bridgehead atoms. The summed E-state index contributed by atoms with van der Waals surface area (Å²) in [6.45, 7) is 0. The second-order valence-electron chi connectivity index (χ2n) is 3.70. The fraction of sp³-hybridized carbons (Fsp3) is 0.0769. The molecule has 1 aromatic rings. The molecule has 1 aliphatic rings. The van der Waals surface area contributed by atoms with Crippen LogP contribution in [0.2, 0.25) is 0 Å². The van der Waals surface area contributed by atoms with Crippen molar-refractivity contribution in [1.82, 2.24) is 0 Å². The Balaban J connectivity index is 2.22. The van der Waals surface area contributed by atoms with Gasteiger partial charge < -0.3 is 5.11 Å². The quantitative estimate of drug-likeness (QED) is 0.480. The van der Waals surface area contributed by atoms with Gasteiger partial charge in [-0.05, 0) is 35.3 Å². The topological polar surface area (TPSA) is 63.4 Å². The summed E-state index contributed by atoms with van der Waals surface area (Å²) in [4.78, 5) is 10.1. The lowest BCUT2D eigenvalue weighted by Gasteiger charge is -2.08. The first-order chi connectivity index (χ1) is 8.20. The number of aliphatic hydroxyl groups is 1. The molecule has 86 valence electrons. The molecule has 17 heavy (non-hydrogen) atoms. The Morgan fingerprint density at radius 1 is 1.24 bits per heavy atom. The van der Waals surface area contributed by atoms with Crippen molar-refractivity contribution < 1.29 is 10.0 Å². The molecule has 1 aliphatic carbocycles. The molecule has 2 rings (SSSR count). The van der Waals surface area contributed by atoms with Gasteiger partial charge in [0.2, 0.25) is 0 Å². The molecule has 0 radical (unpaired) electrons. The SMILES string of the molecule is O=[N+]([O-])c1ccc(C2=CC/C(=C\O)C=C2)cc1. The van der Waals surface area contributed by atoms with Gasteiger partial charge in [0, 0.05) is 12.1 Å². The van der Waals surface area contributed by atoms with Gasteiger partial charge in [-0.3, -0.25) is 10.1 Å². The highest BCUT2D eigenvalue weighted by molar-refractivity contribution is 5.76. The molecule has 0 amide bonds. The van der Waals surface area contributed by atoms with Crippen molar-refractivity contribution >= 4 is 11.3 Å². The van der Waals surface area contributed by atoms with Crippen molar-refractivity contribution in [3.8, 4) is 0 Å². The van der Waals surface area contributed by atoms with Crippen molar-refractivity contribution in [2.24, 2.45) is 0 Å². The Kier molecular flexibility index (Phi) is 3.05. The first-order valence-corrected chi connectivity index (χ1v) is 5.17. The number of non-ortho nitro benzene ring substituents is 1. The zero-order chi connectivity index (χ0) is 12.3. The highest BCUT2D eigenvalue weighted by Gasteiger charge is 2.07. The van der Waals surface area contributed by atoms with E-state index in [2.05, 4.69) is 0 Å². The molecule has 0 fully saturated rings. The Labute approximate surface area is 98.4 Å². The third kappa shape index (κ3) is 2.42.